The van der Waals surface area contributed by atoms with Crippen LogP contribution in [0.15, 0.2) is 51.3 Å². The number of sulfonamides is 1. The Morgan fingerprint density at radius 2 is 1.96 bits per heavy atom. The molecule has 0 saturated carbocycles. The second kappa shape index (κ2) is 6.83. The fourth-order valence-corrected chi connectivity index (χ4v) is 4.99. The number of benzene rings is 1. The van der Waals surface area contributed by atoms with Crippen LogP contribution in [0.5, 0.6) is 0 Å². The molecule has 0 amide bonds. The molecule has 0 fully saturated rings. The van der Waals surface area contributed by atoms with Crippen LogP contribution in [0.4, 0.5) is 10.2 Å². The maximum Gasteiger partial charge on any atom is 0.272 e. The SMILES string of the molecule is O=S(=O)(Nc1nn(Cc2ccc(F)cc2)cc1Br)c1ccc(Cl)s1. The van der Waals surface area contributed by atoms with Crippen molar-refractivity contribution in [2.24, 2.45) is 0 Å². The molecule has 1 aromatic carbocycles. The minimum Gasteiger partial charge on any atom is -0.265 e. The van der Waals surface area contributed by atoms with Gasteiger partial charge in [0.1, 0.15) is 10.0 Å². The van der Waals surface area contributed by atoms with Crippen molar-refractivity contribution >= 4 is 54.7 Å². The first-order chi connectivity index (χ1) is 11.3. The molecule has 2 aromatic heterocycles. The third-order valence-electron chi connectivity index (χ3n) is 3.02. The van der Waals surface area contributed by atoms with Crippen molar-refractivity contribution in [1.82, 2.24) is 9.78 Å². The summed E-state index contributed by atoms with van der Waals surface area (Å²) in [5.41, 5.74) is 0.839. The van der Waals surface area contributed by atoms with Gasteiger partial charge in [0.25, 0.3) is 10.0 Å². The Morgan fingerprint density at radius 1 is 1.25 bits per heavy atom. The Morgan fingerprint density at radius 3 is 2.58 bits per heavy atom. The van der Waals surface area contributed by atoms with Gasteiger partial charge in [-0.1, -0.05) is 23.7 Å². The molecule has 0 aliphatic carbocycles. The average Bonchev–Trinajstić information content (AvgIpc) is 3.08. The largest absolute Gasteiger partial charge is 0.272 e. The lowest BCUT2D eigenvalue weighted by atomic mass is 10.2. The molecule has 0 aliphatic rings. The standard InChI is InChI=1S/C14H10BrClFN3O2S2/c15-11-8-20(7-9-1-3-10(17)4-2-9)18-14(11)19-24(21,22)13-6-5-12(16)23-13/h1-6,8H,7H2,(H,18,19). The smallest absolute Gasteiger partial charge is 0.265 e. The van der Waals surface area contributed by atoms with E-state index in [9.17, 15) is 12.8 Å². The van der Waals surface area contributed by atoms with E-state index in [1.54, 1.807) is 23.0 Å². The van der Waals surface area contributed by atoms with Gasteiger partial charge in [-0.05, 0) is 45.8 Å². The van der Waals surface area contributed by atoms with Crippen LogP contribution in [0.25, 0.3) is 0 Å². The van der Waals surface area contributed by atoms with Gasteiger partial charge in [-0.3, -0.25) is 9.40 Å². The Kier molecular flexibility index (Phi) is 4.95. The van der Waals surface area contributed by atoms with E-state index < -0.39 is 10.0 Å². The summed E-state index contributed by atoms with van der Waals surface area (Å²) >= 11 is 10.0. The van der Waals surface area contributed by atoms with E-state index in [0.717, 1.165) is 16.9 Å². The number of nitrogens with one attached hydrogen (secondary N) is 1. The van der Waals surface area contributed by atoms with Crippen LogP contribution in [0.3, 0.4) is 0 Å². The van der Waals surface area contributed by atoms with Gasteiger partial charge in [0.15, 0.2) is 5.82 Å². The molecular weight excluding hydrogens is 441 g/mol. The van der Waals surface area contributed by atoms with Crippen LogP contribution in [-0.4, -0.2) is 18.2 Å². The number of hydrogen-bond acceptors (Lipinski definition) is 4. The summed E-state index contributed by atoms with van der Waals surface area (Å²) in [6, 6.07) is 8.95. The molecule has 3 rings (SSSR count). The number of halogens is 3. The Hall–Kier alpha value is -1.42. The predicted molar refractivity (Wildman–Crippen MR) is 95.6 cm³/mol. The van der Waals surface area contributed by atoms with Crippen molar-refractivity contribution in [2.75, 3.05) is 4.72 Å². The third-order valence-corrected chi connectivity index (χ3v) is 6.66. The van der Waals surface area contributed by atoms with Gasteiger partial charge in [-0.15, -0.1) is 11.3 Å². The van der Waals surface area contributed by atoms with Crippen molar-refractivity contribution < 1.29 is 12.8 Å². The van der Waals surface area contributed by atoms with Crippen molar-refractivity contribution in [3.63, 3.8) is 0 Å². The first kappa shape index (κ1) is 17.4. The summed E-state index contributed by atoms with van der Waals surface area (Å²) in [6.07, 6.45) is 1.64. The molecule has 1 N–H and O–H groups in total. The second-order valence-corrected chi connectivity index (χ2v) is 9.29. The zero-order valence-electron chi connectivity index (χ0n) is 11.9. The lowest BCUT2D eigenvalue weighted by Crippen LogP contribution is -2.12. The fraction of sp³-hybridized carbons (Fsp3) is 0.0714. The number of nitrogens with zero attached hydrogens (tertiary/aromatic N) is 2. The number of hydrogen-bond donors (Lipinski definition) is 1. The summed E-state index contributed by atoms with van der Waals surface area (Å²) in [4.78, 5) is 0. The molecule has 0 unspecified atom stereocenters. The lowest BCUT2D eigenvalue weighted by molar-refractivity contribution is 0.602. The zero-order chi connectivity index (χ0) is 17.3. The van der Waals surface area contributed by atoms with Gasteiger partial charge in [-0.2, -0.15) is 5.10 Å². The van der Waals surface area contributed by atoms with Gasteiger partial charge < -0.3 is 0 Å². The Labute approximate surface area is 155 Å². The number of anilines is 1. The fourth-order valence-electron chi connectivity index (χ4n) is 1.94. The van der Waals surface area contributed by atoms with E-state index in [4.69, 9.17) is 11.6 Å². The highest BCUT2D eigenvalue weighted by Crippen LogP contribution is 2.29. The van der Waals surface area contributed by atoms with Crippen LogP contribution >= 0.6 is 38.9 Å². The van der Waals surface area contributed by atoms with Crippen LogP contribution in [0, 0.1) is 5.82 Å². The maximum absolute atomic E-state index is 12.9. The molecule has 0 aliphatic heterocycles. The van der Waals surface area contributed by atoms with Crippen LogP contribution in [0.1, 0.15) is 5.56 Å². The van der Waals surface area contributed by atoms with Crippen molar-refractivity contribution in [2.45, 2.75) is 10.8 Å². The van der Waals surface area contributed by atoms with E-state index in [2.05, 4.69) is 25.8 Å². The highest BCUT2D eigenvalue weighted by Gasteiger charge is 2.20. The normalized spacial score (nSPS) is 11.6. The number of thiophene rings is 1. The third kappa shape index (κ3) is 3.97. The predicted octanol–water partition coefficient (Wildman–Crippen LogP) is 4.35. The van der Waals surface area contributed by atoms with E-state index in [1.165, 1.54) is 24.3 Å². The molecule has 0 radical (unpaired) electrons. The first-order valence-electron chi connectivity index (χ1n) is 6.59. The summed E-state index contributed by atoms with van der Waals surface area (Å²) in [7, 11) is -3.75. The van der Waals surface area contributed by atoms with Gasteiger partial charge in [0.05, 0.1) is 15.4 Å². The van der Waals surface area contributed by atoms with Crippen molar-refractivity contribution in [1.29, 1.82) is 0 Å². The van der Waals surface area contributed by atoms with Gasteiger partial charge in [0, 0.05) is 6.20 Å². The summed E-state index contributed by atoms with van der Waals surface area (Å²) < 4.78 is 42.5. The molecule has 3 aromatic rings. The molecule has 10 heteroatoms. The quantitative estimate of drug-likeness (QED) is 0.628. The zero-order valence-corrected chi connectivity index (χ0v) is 15.9. The highest BCUT2D eigenvalue weighted by atomic mass is 79.9. The number of rotatable bonds is 5. The topological polar surface area (TPSA) is 64.0 Å². The molecule has 0 saturated heterocycles. The summed E-state index contributed by atoms with van der Waals surface area (Å²) in [5, 5.41) is 4.20. The molecular formula is C14H10BrClFN3O2S2. The minimum absolute atomic E-state index is 0.104. The van der Waals surface area contributed by atoms with Crippen LogP contribution in [0.2, 0.25) is 4.34 Å². The molecule has 126 valence electrons. The molecule has 5 nitrogen and oxygen atoms in total. The van der Waals surface area contributed by atoms with Crippen molar-refractivity contribution in [3.8, 4) is 0 Å². The van der Waals surface area contributed by atoms with Gasteiger partial charge in [0.2, 0.25) is 0 Å². The molecule has 2 heterocycles. The van der Waals surface area contributed by atoms with Crippen LogP contribution in [-0.2, 0) is 16.6 Å². The highest BCUT2D eigenvalue weighted by molar-refractivity contribution is 9.10. The average molecular weight is 451 g/mol. The maximum atomic E-state index is 12.9. The van der Waals surface area contributed by atoms with E-state index >= 15 is 0 Å². The first-order valence-corrected chi connectivity index (χ1v) is 10.1. The summed E-state index contributed by atoms with van der Waals surface area (Å²) in [5.74, 6) is -0.148. The molecule has 24 heavy (non-hydrogen) atoms. The van der Waals surface area contributed by atoms with E-state index in [1.807, 2.05) is 0 Å². The van der Waals surface area contributed by atoms with Crippen molar-refractivity contribution in [3.05, 3.63) is 62.8 Å². The second-order valence-electron chi connectivity index (χ2n) is 4.81. The van der Waals surface area contributed by atoms with E-state index in [0.29, 0.717) is 15.4 Å². The Bertz CT molecular complexity index is 970. The number of aromatic nitrogens is 2. The van der Waals surface area contributed by atoms with Gasteiger partial charge in [-0.25, -0.2) is 12.8 Å². The van der Waals surface area contributed by atoms with Crippen LogP contribution < -0.4 is 4.72 Å². The monoisotopic (exact) mass is 449 g/mol. The summed E-state index contributed by atoms with van der Waals surface area (Å²) in [6.45, 7) is 0.380. The molecule has 0 spiro atoms. The molecule has 0 atom stereocenters. The lowest BCUT2D eigenvalue weighted by Gasteiger charge is -2.04. The van der Waals surface area contributed by atoms with Gasteiger partial charge >= 0.3 is 0 Å². The van der Waals surface area contributed by atoms with E-state index in [-0.39, 0.29) is 15.8 Å². The Balaban J connectivity index is 1.80. The molecule has 0 bridgehead atoms. The minimum atomic E-state index is -3.75.